The van der Waals surface area contributed by atoms with Crippen molar-refractivity contribution in [2.75, 3.05) is 0 Å². The van der Waals surface area contributed by atoms with Gasteiger partial charge in [-0.3, -0.25) is 4.31 Å². The third-order valence-electron chi connectivity index (χ3n) is 0.0943. The van der Waals surface area contributed by atoms with Crippen molar-refractivity contribution in [2.45, 2.75) is 0 Å². The monoisotopic (exact) mass is 138 g/mol. The zero-order valence-corrected chi connectivity index (χ0v) is 4.38. The molecule has 0 aromatic carbocycles. The van der Waals surface area contributed by atoms with Crippen molar-refractivity contribution in [1.82, 2.24) is 0 Å². The topological polar surface area (TPSA) is 49.7 Å². The molecule has 0 saturated heterocycles. The first-order valence-corrected chi connectivity index (χ1v) is 2.45. The summed E-state index contributed by atoms with van der Waals surface area (Å²) in [5.74, 6) is 0. The fourth-order valence-electron chi connectivity index (χ4n) is 0. The van der Waals surface area contributed by atoms with Crippen LogP contribution in [0.1, 0.15) is 0 Å². The Morgan fingerprint density at radius 2 is 1.67 bits per heavy atom. The van der Waals surface area contributed by atoms with Gasteiger partial charge in [0.25, 0.3) is 0 Å². The second-order valence-electron chi connectivity index (χ2n) is 0.358. The molecule has 0 aliphatic carbocycles. The minimum absolute atomic E-state index is 0. The molecule has 0 aromatic rings. The molecule has 34 valence electrons. The van der Waals surface area contributed by atoms with Crippen LogP contribution in [0.5, 0.6) is 0 Å². The van der Waals surface area contributed by atoms with Crippen molar-refractivity contribution in [2.24, 2.45) is 0 Å². The summed E-state index contributed by atoms with van der Waals surface area (Å²) in [6.45, 7) is 0. The molecule has 0 spiro atoms. The van der Waals surface area contributed by atoms with Gasteiger partial charge in [-0.15, -0.1) is 0 Å². The van der Waals surface area contributed by atoms with E-state index in [1.165, 1.54) is 0 Å². The third kappa shape index (κ3) is 9.22. The van der Waals surface area contributed by atoms with Crippen LogP contribution in [0.25, 0.3) is 0 Å². The van der Waals surface area contributed by atoms with E-state index in [0.29, 0.717) is 0 Å². The van der Waals surface area contributed by atoms with Crippen molar-refractivity contribution in [3.05, 3.63) is 0 Å². The van der Waals surface area contributed by atoms with Crippen molar-refractivity contribution in [3.63, 3.8) is 0 Å². The summed E-state index contributed by atoms with van der Waals surface area (Å²) in [5.41, 5.74) is 0. The second-order valence-corrected chi connectivity index (χ2v) is 1.71. The van der Waals surface area contributed by atoms with Crippen LogP contribution in [0, 0.1) is 0 Å². The van der Waals surface area contributed by atoms with Gasteiger partial charge in [0.15, 0.2) is 0 Å². The third-order valence-corrected chi connectivity index (χ3v) is 0.849. The predicted octanol–water partition coefficient (Wildman–Crippen LogP) is -0.644. The zero-order valence-electron chi connectivity index (χ0n) is 2.33. The quantitative estimate of drug-likeness (QED) is 0.374. The zero-order chi connectivity index (χ0) is 4.28. The number of hydrogen-bond acceptors (Lipinski definition) is 3. The number of hydrogen-bond donors (Lipinski definition) is 2. The Morgan fingerprint density at radius 3 is 1.67 bits per heavy atom. The molecule has 6 heteroatoms. The predicted molar refractivity (Wildman–Crippen MR) is 29.3 cm³/mol. The van der Waals surface area contributed by atoms with E-state index in [2.05, 4.69) is 4.31 Å². The Bertz CT molecular complexity index is 22.8. The van der Waals surface area contributed by atoms with Gasteiger partial charge >= 0.3 is 38.2 Å². The van der Waals surface area contributed by atoms with Crippen LogP contribution >= 0.6 is 18.1 Å². The van der Waals surface area contributed by atoms with E-state index in [-0.39, 0.29) is 29.6 Å². The van der Waals surface area contributed by atoms with Gasteiger partial charge < -0.3 is 9.79 Å². The van der Waals surface area contributed by atoms with Gasteiger partial charge in [-0.1, -0.05) is 0 Å². The molecule has 0 bridgehead atoms. The standard InChI is InChI=1S/Na.H4O3P2.H/c;1-5(2)3-4;/h;1-2H,4H2;. The molecule has 0 aromatic heterocycles. The molecule has 0 fully saturated rings. The Hall–Kier alpha value is 1.74. The number of rotatable bonds is 1. The van der Waals surface area contributed by atoms with Crippen LogP contribution in [0.2, 0.25) is 0 Å². The van der Waals surface area contributed by atoms with Crippen LogP contribution in [-0.2, 0) is 4.31 Å². The van der Waals surface area contributed by atoms with Gasteiger partial charge in [0.1, 0.15) is 0 Å². The molecular weight excluding hydrogens is 133 g/mol. The molecule has 0 aliphatic heterocycles. The summed E-state index contributed by atoms with van der Waals surface area (Å²) >= 11 is 0. The summed E-state index contributed by atoms with van der Waals surface area (Å²) in [4.78, 5) is 15.5. The molecular formula is H5NaO3P2. The second kappa shape index (κ2) is 6.74. The maximum atomic E-state index is 7.74. The Labute approximate surface area is 61.7 Å². The van der Waals surface area contributed by atoms with E-state index in [1.54, 1.807) is 9.47 Å². The summed E-state index contributed by atoms with van der Waals surface area (Å²) < 4.78 is 3.84. The molecule has 0 heterocycles. The fourth-order valence-corrected chi connectivity index (χ4v) is 0. The molecule has 0 amide bonds. The van der Waals surface area contributed by atoms with Gasteiger partial charge in [0.05, 0.1) is 0 Å². The molecule has 1 unspecified atom stereocenters. The van der Waals surface area contributed by atoms with Crippen LogP contribution in [-0.4, -0.2) is 39.3 Å². The van der Waals surface area contributed by atoms with E-state index in [4.69, 9.17) is 9.79 Å². The van der Waals surface area contributed by atoms with Crippen molar-refractivity contribution >= 4 is 47.6 Å². The first kappa shape index (κ1) is 10.7. The fraction of sp³-hybridized carbons (Fsp3) is 0. The Morgan fingerprint density at radius 1 is 1.50 bits per heavy atom. The van der Waals surface area contributed by atoms with Gasteiger partial charge in [0.2, 0.25) is 0 Å². The molecule has 1 atom stereocenters. The van der Waals surface area contributed by atoms with Gasteiger partial charge in [-0.05, 0) is 0 Å². The molecule has 0 rings (SSSR count). The molecule has 0 saturated carbocycles. The van der Waals surface area contributed by atoms with Crippen LogP contribution in [0.3, 0.4) is 0 Å². The molecule has 2 N–H and O–H groups in total. The summed E-state index contributed by atoms with van der Waals surface area (Å²) in [5, 5.41) is 0. The van der Waals surface area contributed by atoms with Gasteiger partial charge in [-0.2, -0.15) is 0 Å². The summed E-state index contributed by atoms with van der Waals surface area (Å²) in [6.07, 6.45) is 0. The average molecular weight is 138 g/mol. The average Bonchev–Trinajstić information content (AvgIpc) is 1.38. The molecule has 3 nitrogen and oxygen atoms in total. The summed E-state index contributed by atoms with van der Waals surface area (Å²) in [6, 6.07) is 0. The first-order chi connectivity index (χ1) is 2.27. The summed E-state index contributed by atoms with van der Waals surface area (Å²) in [7, 11) is -0.412. The van der Waals surface area contributed by atoms with E-state index >= 15 is 0 Å². The normalized spacial score (nSPS) is 8.00. The van der Waals surface area contributed by atoms with E-state index in [9.17, 15) is 0 Å². The maximum absolute atomic E-state index is 7.74. The van der Waals surface area contributed by atoms with Crippen molar-refractivity contribution in [1.29, 1.82) is 0 Å². The van der Waals surface area contributed by atoms with Crippen molar-refractivity contribution in [3.8, 4) is 0 Å². The first-order valence-electron chi connectivity index (χ1n) is 0.818. The van der Waals surface area contributed by atoms with Gasteiger partial charge in [-0.25, -0.2) is 0 Å². The molecule has 0 radical (unpaired) electrons. The van der Waals surface area contributed by atoms with Crippen LogP contribution in [0.4, 0.5) is 0 Å². The SMILES string of the molecule is OP(O)OP.[NaH]. The van der Waals surface area contributed by atoms with Crippen LogP contribution in [0.15, 0.2) is 0 Å². The Balaban J connectivity index is 0. The van der Waals surface area contributed by atoms with E-state index in [0.717, 1.165) is 0 Å². The van der Waals surface area contributed by atoms with E-state index in [1.807, 2.05) is 0 Å². The minimum atomic E-state index is -2.14. The van der Waals surface area contributed by atoms with Crippen LogP contribution < -0.4 is 0 Å². The van der Waals surface area contributed by atoms with Crippen molar-refractivity contribution < 1.29 is 14.1 Å². The molecule has 6 heavy (non-hydrogen) atoms. The van der Waals surface area contributed by atoms with E-state index < -0.39 is 8.60 Å². The Kier molecular flexibility index (Phi) is 12.0. The molecule has 0 aliphatic rings. The van der Waals surface area contributed by atoms with Gasteiger partial charge in [0, 0.05) is 9.47 Å².